The fraction of sp³-hybridized carbons (Fsp3) is 0.438. The molecule has 102 valence electrons. The van der Waals surface area contributed by atoms with Crippen LogP contribution in [0.1, 0.15) is 35.3 Å². The zero-order valence-electron chi connectivity index (χ0n) is 12.3. The molecule has 0 spiro atoms. The van der Waals surface area contributed by atoms with Gasteiger partial charge in [-0.1, -0.05) is 23.8 Å². The van der Waals surface area contributed by atoms with Gasteiger partial charge in [0.25, 0.3) is 0 Å². The van der Waals surface area contributed by atoms with Crippen molar-refractivity contribution in [2.45, 2.75) is 39.8 Å². The lowest BCUT2D eigenvalue weighted by molar-refractivity contribution is 0.513. The Morgan fingerprint density at radius 1 is 1.26 bits per heavy atom. The van der Waals surface area contributed by atoms with Gasteiger partial charge in [-0.25, -0.2) is 0 Å². The van der Waals surface area contributed by atoms with E-state index in [0.29, 0.717) is 6.04 Å². The average molecular weight is 257 g/mol. The molecule has 1 aromatic carbocycles. The van der Waals surface area contributed by atoms with Crippen molar-refractivity contribution >= 4 is 0 Å². The molecule has 2 aromatic rings. The highest BCUT2D eigenvalue weighted by Gasteiger charge is 2.15. The van der Waals surface area contributed by atoms with Crippen LogP contribution in [0.25, 0.3) is 0 Å². The molecule has 1 atom stereocenters. The molecule has 0 aliphatic carbocycles. The van der Waals surface area contributed by atoms with Crippen LogP contribution in [0.4, 0.5) is 0 Å². The maximum Gasteiger partial charge on any atom is 0.0556 e. The summed E-state index contributed by atoms with van der Waals surface area (Å²) >= 11 is 0. The van der Waals surface area contributed by atoms with E-state index in [0.717, 1.165) is 13.0 Å². The third kappa shape index (κ3) is 3.04. The van der Waals surface area contributed by atoms with Gasteiger partial charge in [-0.2, -0.15) is 5.10 Å². The molecule has 0 radical (unpaired) electrons. The van der Waals surface area contributed by atoms with E-state index in [9.17, 15) is 0 Å². The maximum atomic E-state index is 4.36. The Bertz CT molecular complexity index is 543. The Kier molecular flexibility index (Phi) is 4.38. The highest BCUT2D eigenvalue weighted by molar-refractivity contribution is 5.32. The van der Waals surface area contributed by atoms with E-state index in [1.807, 2.05) is 13.2 Å². The lowest BCUT2D eigenvalue weighted by Crippen LogP contribution is -2.22. The second kappa shape index (κ2) is 6.02. The number of benzene rings is 1. The Balaban J connectivity index is 2.26. The number of likely N-dealkylation sites (N-methyl/N-ethyl adjacent to an activating group) is 1. The molecule has 0 saturated carbocycles. The first-order valence-corrected chi connectivity index (χ1v) is 6.90. The normalized spacial score (nSPS) is 12.6. The Hall–Kier alpha value is -1.61. The minimum absolute atomic E-state index is 0.308. The fourth-order valence-corrected chi connectivity index (χ4v) is 2.50. The second-order valence-electron chi connectivity index (χ2n) is 5.05. The number of rotatable bonds is 5. The molecule has 1 unspecified atom stereocenters. The van der Waals surface area contributed by atoms with Crippen LogP contribution in [0, 0.1) is 13.8 Å². The Morgan fingerprint density at radius 2 is 2.05 bits per heavy atom. The number of aromatic nitrogens is 2. The van der Waals surface area contributed by atoms with Crippen molar-refractivity contribution in [3.8, 4) is 0 Å². The predicted molar refractivity (Wildman–Crippen MR) is 79.3 cm³/mol. The van der Waals surface area contributed by atoms with Crippen molar-refractivity contribution < 1.29 is 0 Å². The van der Waals surface area contributed by atoms with E-state index in [2.05, 4.69) is 60.1 Å². The standard InChI is InChI=1S/C16H23N3/c1-5-19-16(8-9-18-19)15(17-4)11-14-10-12(2)6-7-13(14)3/h6-10,15,17H,5,11H2,1-4H3. The topological polar surface area (TPSA) is 29.9 Å². The summed E-state index contributed by atoms with van der Waals surface area (Å²) in [5.41, 5.74) is 5.34. The third-order valence-electron chi connectivity index (χ3n) is 3.68. The molecule has 0 amide bonds. The van der Waals surface area contributed by atoms with Gasteiger partial charge in [-0.3, -0.25) is 4.68 Å². The van der Waals surface area contributed by atoms with Crippen molar-refractivity contribution in [2.24, 2.45) is 0 Å². The second-order valence-corrected chi connectivity index (χ2v) is 5.05. The molecule has 19 heavy (non-hydrogen) atoms. The Morgan fingerprint density at radius 3 is 2.74 bits per heavy atom. The van der Waals surface area contributed by atoms with Crippen molar-refractivity contribution in [3.63, 3.8) is 0 Å². The van der Waals surface area contributed by atoms with Crippen LogP contribution < -0.4 is 5.32 Å². The van der Waals surface area contributed by atoms with Gasteiger partial charge in [-0.15, -0.1) is 0 Å². The van der Waals surface area contributed by atoms with E-state index in [-0.39, 0.29) is 0 Å². The van der Waals surface area contributed by atoms with Crippen LogP contribution in [0.5, 0.6) is 0 Å². The van der Waals surface area contributed by atoms with Crippen LogP contribution in [0.3, 0.4) is 0 Å². The highest BCUT2D eigenvalue weighted by atomic mass is 15.3. The van der Waals surface area contributed by atoms with Crippen molar-refractivity contribution in [2.75, 3.05) is 7.05 Å². The minimum atomic E-state index is 0.308. The molecule has 0 bridgehead atoms. The summed E-state index contributed by atoms with van der Waals surface area (Å²) in [5.74, 6) is 0. The molecule has 1 aromatic heterocycles. The lowest BCUT2D eigenvalue weighted by atomic mass is 9.97. The first-order valence-electron chi connectivity index (χ1n) is 6.90. The van der Waals surface area contributed by atoms with Gasteiger partial charge < -0.3 is 5.32 Å². The van der Waals surface area contributed by atoms with Crippen LogP contribution in [-0.2, 0) is 13.0 Å². The number of hydrogen-bond acceptors (Lipinski definition) is 2. The number of nitrogens with one attached hydrogen (secondary N) is 1. The molecule has 0 aliphatic rings. The third-order valence-corrected chi connectivity index (χ3v) is 3.68. The van der Waals surface area contributed by atoms with Crippen molar-refractivity contribution in [1.82, 2.24) is 15.1 Å². The summed E-state index contributed by atoms with van der Waals surface area (Å²) in [5, 5.41) is 7.78. The zero-order valence-corrected chi connectivity index (χ0v) is 12.3. The molecule has 0 fully saturated rings. The summed E-state index contributed by atoms with van der Waals surface area (Å²) < 4.78 is 2.06. The Labute approximate surface area is 115 Å². The van der Waals surface area contributed by atoms with Crippen molar-refractivity contribution in [1.29, 1.82) is 0 Å². The van der Waals surface area contributed by atoms with Crippen LogP contribution in [0.15, 0.2) is 30.5 Å². The van der Waals surface area contributed by atoms with Crippen LogP contribution in [-0.4, -0.2) is 16.8 Å². The zero-order chi connectivity index (χ0) is 13.8. The van der Waals surface area contributed by atoms with E-state index in [4.69, 9.17) is 0 Å². The number of aryl methyl sites for hydroxylation is 3. The van der Waals surface area contributed by atoms with Gasteiger partial charge in [0.1, 0.15) is 0 Å². The van der Waals surface area contributed by atoms with Gasteiger partial charge in [0.15, 0.2) is 0 Å². The molecule has 0 aliphatic heterocycles. The molecule has 1 N–H and O–H groups in total. The quantitative estimate of drug-likeness (QED) is 0.892. The summed E-state index contributed by atoms with van der Waals surface area (Å²) in [6.45, 7) is 7.36. The predicted octanol–water partition coefficient (Wildman–Crippen LogP) is 3.02. The lowest BCUT2D eigenvalue weighted by Gasteiger charge is -2.19. The van der Waals surface area contributed by atoms with E-state index < -0.39 is 0 Å². The van der Waals surface area contributed by atoms with E-state index >= 15 is 0 Å². The molecule has 0 saturated heterocycles. The number of hydrogen-bond donors (Lipinski definition) is 1. The summed E-state index contributed by atoms with van der Waals surface area (Å²) in [6.07, 6.45) is 2.88. The van der Waals surface area contributed by atoms with Gasteiger partial charge in [0.2, 0.25) is 0 Å². The van der Waals surface area contributed by atoms with Gasteiger partial charge in [-0.05, 0) is 51.4 Å². The molecule has 3 heteroatoms. The molecule has 3 nitrogen and oxygen atoms in total. The highest BCUT2D eigenvalue weighted by Crippen LogP contribution is 2.21. The van der Waals surface area contributed by atoms with Crippen LogP contribution in [0.2, 0.25) is 0 Å². The molecular weight excluding hydrogens is 234 g/mol. The van der Waals surface area contributed by atoms with E-state index in [1.54, 1.807) is 0 Å². The summed E-state index contributed by atoms with van der Waals surface area (Å²) in [7, 11) is 2.02. The molecular formula is C16H23N3. The van der Waals surface area contributed by atoms with Gasteiger partial charge >= 0.3 is 0 Å². The average Bonchev–Trinajstić information content (AvgIpc) is 2.88. The smallest absolute Gasteiger partial charge is 0.0556 e. The van der Waals surface area contributed by atoms with E-state index in [1.165, 1.54) is 22.4 Å². The summed E-state index contributed by atoms with van der Waals surface area (Å²) in [4.78, 5) is 0. The largest absolute Gasteiger partial charge is 0.311 e. The first-order chi connectivity index (χ1) is 9.15. The SMILES string of the molecule is CCn1nccc1C(Cc1cc(C)ccc1C)NC. The first kappa shape index (κ1) is 13.8. The van der Waals surface area contributed by atoms with Crippen molar-refractivity contribution in [3.05, 3.63) is 52.8 Å². The molecule has 2 rings (SSSR count). The van der Waals surface area contributed by atoms with Crippen LogP contribution >= 0.6 is 0 Å². The minimum Gasteiger partial charge on any atom is -0.311 e. The monoisotopic (exact) mass is 257 g/mol. The van der Waals surface area contributed by atoms with Gasteiger partial charge in [0, 0.05) is 12.7 Å². The number of nitrogens with zero attached hydrogens (tertiary/aromatic N) is 2. The molecule has 1 heterocycles. The van der Waals surface area contributed by atoms with Gasteiger partial charge in [0.05, 0.1) is 11.7 Å². The summed E-state index contributed by atoms with van der Waals surface area (Å²) in [6, 6.07) is 9.07. The fourth-order valence-electron chi connectivity index (χ4n) is 2.50. The maximum absolute atomic E-state index is 4.36.